The highest BCUT2D eigenvalue weighted by atomic mass is 35.5. The quantitative estimate of drug-likeness (QED) is 0.684. The van der Waals surface area contributed by atoms with Crippen molar-refractivity contribution >= 4 is 40.6 Å². The van der Waals surface area contributed by atoms with Crippen molar-refractivity contribution < 1.29 is 0 Å². The highest BCUT2D eigenvalue weighted by Crippen LogP contribution is 2.17. The second-order valence-corrected chi connectivity index (χ2v) is 5.83. The van der Waals surface area contributed by atoms with Crippen LogP contribution in [0.4, 0.5) is 5.82 Å². The number of benzene rings is 1. The Kier molecular flexibility index (Phi) is 7.18. The molecule has 0 aliphatic heterocycles. The first-order valence-electron chi connectivity index (χ1n) is 6.96. The molecule has 5 nitrogen and oxygen atoms in total. The maximum absolute atomic E-state index is 5.76. The van der Waals surface area contributed by atoms with Crippen molar-refractivity contribution in [3.63, 3.8) is 0 Å². The van der Waals surface area contributed by atoms with E-state index in [9.17, 15) is 0 Å². The van der Waals surface area contributed by atoms with Crippen LogP contribution in [-0.2, 0) is 0 Å². The second kappa shape index (κ2) is 9.37. The van der Waals surface area contributed by atoms with Gasteiger partial charge in [-0.2, -0.15) is 0 Å². The van der Waals surface area contributed by atoms with E-state index in [4.69, 9.17) is 34.8 Å². The van der Waals surface area contributed by atoms with Gasteiger partial charge < -0.3 is 5.32 Å². The van der Waals surface area contributed by atoms with Gasteiger partial charge in [0, 0.05) is 6.04 Å². The summed E-state index contributed by atoms with van der Waals surface area (Å²) in [6.45, 7) is 2.07. The fraction of sp³-hybridized carbons (Fsp3) is 0.125. The van der Waals surface area contributed by atoms with E-state index < -0.39 is 0 Å². The van der Waals surface area contributed by atoms with Crippen LogP contribution in [0.2, 0.25) is 15.5 Å². The van der Waals surface area contributed by atoms with Gasteiger partial charge >= 0.3 is 0 Å². The Morgan fingerprint density at radius 1 is 0.792 bits per heavy atom. The average Bonchev–Trinajstić information content (AvgIpc) is 2.56. The summed E-state index contributed by atoms with van der Waals surface area (Å²) >= 11 is 16.5. The number of halogens is 3. The lowest BCUT2D eigenvalue weighted by Gasteiger charge is -2.14. The Hall–Kier alpha value is -1.95. The van der Waals surface area contributed by atoms with Gasteiger partial charge in [-0.05, 0) is 12.5 Å². The zero-order valence-corrected chi connectivity index (χ0v) is 15.0. The van der Waals surface area contributed by atoms with E-state index in [-0.39, 0.29) is 6.04 Å². The van der Waals surface area contributed by atoms with Crippen molar-refractivity contribution in [2.24, 2.45) is 0 Å². The third-order valence-corrected chi connectivity index (χ3v) is 3.39. The molecule has 124 valence electrons. The van der Waals surface area contributed by atoms with Crippen LogP contribution in [0.3, 0.4) is 0 Å². The van der Waals surface area contributed by atoms with E-state index in [1.807, 2.05) is 18.2 Å². The van der Waals surface area contributed by atoms with E-state index in [1.54, 1.807) is 6.20 Å². The molecule has 3 rings (SSSR count). The van der Waals surface area contributed by atoms with Crippen molar-refractivity contribution in [2.45, 2.75) is 13.0 Å². The maximum Gasteiger partial charge on any atom is 0.149 e. The molecule has 2 heterocycles. The van der Waals surface area contributed by atoms with Gasteiger partial charge in [-0.1, -0.05) is 65.1 Å². The van der Waals surface area contributed by atoms with Crippen molar-refractivity contribution in [3.05, 3.63) is 76.1 Å². The van der Waals surface area contributed by atoms with Crippen LogP contribution in [-0.4, -0.2) is 19.9 Å². The second-order valence-electron chi connectivity index (χ2n) is 4.67. The summed E-state index contributed by atoms with van der Waals surface area (Å²) in [6.07, 6.45) is 6.02. The Morgan fingerprint density at radius 2 is 1.33 bits per heavy atom. The van der Waals surface area contributed by atoms with Gasteiger partial charge in [-0.15, -0.1) is 0 Å². The standard InChI is InChI=1S/C12H12ClN3.C4H2Cl2N2/c1-9(10-5-3-2-4-6-10)15-12-8-14-7-11(13)16-12;5-3-1-7-2-4(6)8-3/h2-9H,1H3,(H,15,16);1-2H/t9-;/m0./s1. The van der Waals surface area contributed by atoms with Gasteiger partial charge in [0.15, 0.2) is 0 Å². The van der Waals surface area contributed by atoms with Gasteiger partial charge in [0.1, 0.15) is 21.3 Å². The van der Waals surface area contributed by atoms with E-state index in [0.29, 0.717) is 21.3 Å². The van der Waals surface area contributed by atoms with Gasteiger partial charge in [0.05, 0.1) is 24.8 Å². The van der Waals surface area contributed by atoms with Gasteiger partial charge in [0.25, 0.3) is 0 Å². The van der Waals surface area contributed by atoms with Crippen molar-refractivity contribution in [2.75, 3.05) is 5.32 Å². The van der Waals surface area contributed by atoms with E-state index in [1.165, 1.54) is 24.2 Å². The highest BCUT2D eigenvalue weighted by molar-refractivity contribution is 6.32. The zero-order chi connectivity index (χ0) is 17.4. The minimum atomic E-state index is 0.175. The van der Waals surface area contributed by atoms with Crippen LogP contribution in [0.5, 0.6) is 0 Å². The number of nitrogens with one attached hydrogen (secondary N) is 1. The first-order valence-corrected chi connectivity index (χ1v) is 8.10. The Balaban J connectivity index is 0.000000219. The summed E-state index contributed by atoms with van der Waals surface area (Å²) in [6, 6.07) is 10.3. The predicted molar refractivity (Wildman–Crippen MR) is 97.6 cm³/mol. The molecule has 0 saturated carbocycles. The summed E-state index contributed by atoms with van der Waals surface area (Å²) in [7, 11) is 0. The predicted octanol–water partition coefficient (Wildman–Crippen LogP) is 5.09. The maximum atomic E-state index is 5.76. The van der Waals surface area contributed by atoms with Crippen LogP contribution < -0.4 is 5.32 Å². The molecule has 0 aliphatic carbocycles. The molecule has 0 radical (unpaired) electrons. The largest absolute Gasteiger partial charge is 0.362 e. The van der Waals surface area contributed by atoms with Crippen LogP contribution in [0.15, 0.2) is 55.1 Å². The molecule has 0 unspecified atom stereocenters. The van der Waals surface area contributed by atoms with Crippen molar-refractivity contribution in [1.29, 1.82) is 0 Å². The fourth-order valence-electron chi connectivity index (χ4n) is 1.78. The van der Waals surface area contributed by atoms with Crippen LogP contribution in [0, 0.1) is 0 Å². The Labute approximate surface area is 155 Å². The van der Waals surface area contributed by atoms with Crippen LogP contribution >= 0.6 is 34.8 Å². The summed E-state index contributed by atoms with van der Waals surface area (Å²) in [5, 5.41) is 4.27. The van der Waals surface area contributed by atoms with Crippen molar-refractivity contribution in [1.82, 2.24) is 19.9 Å². The molecule has 0 aliphatic rings. The normalized spacial score (nSPS) is 11.2. The Morgan fingerprint density at radius 3 is 1.83 bits per heavy atom. The molecule has 0 amide bonds. The molecule has 24 heavy (non-hydrogen) atoms. The molecule has 8 heteroatoms. The molecular weight excluding hydrogens is 369 g/mol. The fourth-order valence-corrected chi connectivity index (χ4v) is 2.26. The molecule has 0 spiro atoms. The molecule has 0 bridgehead atoms. The van der Waals surface area contributed by atoms with Crippen molar-refractivity contribution in [3.8, 4) is 0 Å². The van der Waals surface area contributed by atoms with E-state index >= 15 is 0 Å². The lowest BCUT2D eigenvalue weighted by molar-refractivity contribution is 0.871. The smallest absolute Gasteiger partial charge is 0.149 e. The SMILES string of the molecule is C[C@H](Nc1cncc(Cl)n1)c1ccccc1.Clc1cncc(Cl)n1. The number of nitrogens with zero attached hydrogens (tertiary/aromatic N) is 4. The third kappa shape index (κ3) is 6.28. The van der Waals surface area contributed by atoms with Crippen LogP contribution in [0.25, 0.3) is 0 Å². The molecule has 0 fully saturated rings. The summed E-state index contributed by atoms with van der Waals surface area (Å²) in [4.78, 5) is 15.4. The third-order valence-electron chi connectivity index (χ3n) is 2.84. The molecule has 2 aromatic heterocycles. The van der Waals surface area contributed by atoms with Crippen LogP contribution in [0.1, 0.15) is 18.5 Å². The number of rotatable bonds is 3. The molecule has 1 atom stereocenters. The van der Waals surface area contributed by atoms with Gasteiger partial charge in [0.2, 0.25) is 0 Å². The monoisotopic (exact) mass is 381 g/mol. The van der Waals surface area contributed by atoms with Gasteiger partial charge in [-0.25, -0.2) is 9.97 Å². The number of anilines is 1. The number of aromatic nitrogens is 4. The van der Waals surface area contributed by atoms with E-state index in [0.717, 1.165) is 0 Å². The Bertz CT molecular complexity index is 753. The lowest BCUT2D eigenvalue weighted by atomic mass is 10.1. The van der Waals surface area contributed by atoms with E-state index in [2.05, 4.69) is 44.3 Å². The highest BCUT2D eigenvalue weighted by Gasteiger charge is 2.05. The minimum absolute atomic E-state index is 0.175. The average molecular weight is 383 g/mol. The summed E-state index contributed by atoms with van der Waals surface area (Å²) in [5.74, 6) is 0.684. The summed E-state index contributed by atoms with van der Waals surface area (Å²) in [5.41, 5.74) is 1.20. The molecule has 1 aromatic carbocycles. The summed E-state index contributed by atoms with van der Waals surface area (Å²) < 4.78 is 0. The zero-order valence-electron chi connectivity index (χ0n) is 12.7. The molecule has 3 aromatic rings. The number of hydrogen-bond acceptors (Lipinski definition) is 5. The topological polar surface area (TPSA) is 63.6 Å². The lowest BCUT2D eigenvalue weighted by Crippen LogP contribution is -2.07. The molecular formula is C16H14Cl3N5. The minimum Gasteiger partial charge on any atom is -0.362 e. The molecule has 1 N–H and O–H groups in total. The number of hydrogen-bond donors (Lipinski definition) is 1. The first-order chi connectivity index (χ1) is 11.5. The van der Waals surface area contributed by atoms with Gasteiger partial charge in [-0.3, -0.25) is 9.97 Å². The molecule has 0 saturated heterocycles. The first kappa shape index (κ1) is 18.4.